The monoisotopic (exact) mass is 223 g/mol. The second-order valence-electron chi connectivity index (χ2n) is 3.44. The minimum absolute atomic E-state index is 0.408. The molecule has 3 nitrogen and oxygen atoms in total. The Balaban J connectivity index is 2.88. The molecule has 1 aromatic heterocycles. The minimum Gasteiger partial charge on any atom is -0.389 e. The van der Waals surface area contributed by atoms with E-state index in [4.69, 9.17) is 18.0 Å². The zero-order chi connectivity index (χ0) is 11.3. The van der Waals surface area contributed by atoms with E-state index in [2.05, 4.69) is 24.1 Å². The fourth-order valence-electron chi connectivity index (χ4n) is 1.44. The number of nitrogens with zero attached hydrogens (tertiary/aromatic N) is 1. The van der Waals surface area contributed by atoms with E-state index in [0.717, 1.165) is 24.1 Å². The predicted molar refractivity (Wildman–Crippen MR) is 68.1 cm³/mol. The van der Waals surface area contributed by atoms with Gasteiger partial charge < -0.3 is 11.1 Å². The summed E-state index contributed by atoms with van der Waals surface area (Å²) < 4.78 is 0. The number of hydrogen-bond acceptors (Lipinski definition) is 3. The van der Waals surface area contributed by atoms with Crippen molar-refractivity contribution in [3.63, 3.8) is 0 Å². The van der Waals surface area contributed by atoms with Gasteiger partial charge >= 0.3 is 0 Å². The standard InChI is InChI=1S/C11H17N3S/c1-3-8(4-2)14-10-7-13-6-5-9(10)11(12)15/h5-8,14H,3-4H2,1-2H3,(H2,12,15). The average molecular weight is 223 g/mol. The second kappa shape index (κ2) is 5.66. The van der Waals surface area contributed by atoms with Gasteiger partial charge in [0.1, 0.15) is 4.99 Å². The van der Waals surface area contributed by atoms with Gasteiger partial charge in [-0.3, -0.25) is 4.98 Å². The van der Waals surface area contributed by atoms with Gasteiger partial charge in [0.2, 0.25) is 0 Å². The lowest BCUT2D eigenvalue weighted by atomic mass is 10.1. The highest BCUT2D eigenvalue weighted by atomic mass is 32.1. The van der Waals surface area contributed by atoms with Gasteiger partial charge in [-0.05, 0) is 18.9 Å². The Labute approximate surface area is 96.1 Å². The van der Waals surface area contributed by atoms with E-state index in [9.17, 15) is 0 Å². The topological polar surface area (TPSA) is 50.9 Å². The minimum atomic E-state index is 0.408. The first-order chi connectivity index (χ1) is 7.19. The summed E-state index contributed by atoms with van der Waals surface area (Å²) >= 11 is 4.98. The van der Waals surface area contributed by atoms with Gasteiger partial charge in [0.05, 0.1) is 11.9 Å². The quantitative estimate of drug-likeness (QED) is 0.752. The number of pyridine rings is 1. The number of nitrogens with one attached hydrogen (secondary N) is 1. The summed E-state index contributed by atoms with van der Waals surface area (Å²) in [6, 6.07) is 2.29. The molecule has 0 fully saturated rings. The summed E-state index contributed by atoms with van der Waals surface area (Å²) in [7, 11) is 0. The Kier molecular flexibility index (Phi) is 4.49. The largest absolute Gasteiger partial charge is 0.389 e. The molecular formula is C11H17N3S. The highest BCUT2D eigenvalue weighted by Gasteiger charge is 2.08. The van der Waals surface area contributed by atoms with Crippen molar-refractivity contribution in [1.29, 1.82) is 0 Å². The Hall–Kier alpha value is -1.16. The Bertz CT molecular complexity index is 334. The predicted octanol–water partition coefficient (Wildman–Crippen LogP) is 2.32. The molecular weight excluding hydrogens is 206 g/mol. The van der Waals surface area contributed by atoms with Crippen LogP contribution in [0.1, 0.15) is 32.3 Å². The number of aromatic nitrogens is 1. The normalized spacial score (nSPS) is 10.3. The summed E-state index contributed by atoms with van der Waals surface area (Å²) in [4.78, 5) is 4.48. The maximum absolute atomic E-state index is 5.64. The van der Waals surface area contributed by atoms with Crippen molar-refractivity contribution < 1.29 is 0 Å². The summed E-state index contributed by atoms with van der Waals surface area (Å²) in [5.74, 6) is 0. The lowest BCUT2D eigenvalue weighted by molar-refractivity contribution is 0.671. The van der Waals surface area contributed by atoms with E-state index < -0.39 is 0 Å². The van der Waals surface area contributed by atoms with E-state index in [1.807, 2.05) is 6.07 Å². The molecule has 15 heavy (non-hydrogen) atoms. The zero-order valence-electron chi connectivity index (χ0n) is 9.16. The van der Waals surface area contributed by atoms with Crippen molar-refractivity contribution in [2.24, 2.45) is 5.73 Å². The van der Waals surface area contributed by atoms with Gasteiger partial charge in [-0.1, -0.05) is 26.1 Å². The average Bonchev–Trinajstić information content (AvgIpc) is 2.26. The number of hydrogen-bond donors (Lipinski definition) is 2. The molecule has 0 saturated carbocycles. The van der Waals surface area contributed by atoms with Crippen molar-refractivity contribution in [3.8, 4) is 0 Å². The third kappa shape index (κ3) is 3.16. The van der Waals surface area contributed by atoms with Gasteiger partial charge in [0, 0.05) is 17.8 Å². The first-order valence-electron chi connectivity index (χ1n) is 5.19. The fourth-order valence-corrected chi connectivity index (χ4v) is 1.62. The van der Waals surface area contributed by atoms with Crippen LogP contribution in [0.2, 0.25) is 0 Å². The first-order valence-corrected chi connectivity index (χ1v) is 5.60. The molecule has 0 aromatic carbocycles. The molecule has 1 aromatic rings. The van der Waals surface area contributed by atoms with Gasteiger partial charge in [-0.15, -0.1) is 0 Å². The summed E-state index contributed by atoms with van der Waals surface area (Å²) in [6.07, 6.45) is 5.61. The highest BCUT2D eigenvalue weighted by Crippen LogP contribution is 2.16. The van der Waals surface area contributed by atoms with E-state index in [1.165, 1.54) is 0 Å². The van der Waals surface area contributed by atoms with Crippen LogP contribution in [-0.4, -0.2) is 16.0 Å². The van der Waals surface area contributed by atoms with E-state index in [0.29, 0.717) is 11.0 Å². The van der Waals surface area contributed by atoms with Crippen molar-refractivity contribution in [1.82, 2.24) is 4.98 Å². The molecule has 0 aliphatic carbocycles. The van der Waals surface area contributed by atoms with Crippen LogP contribution in [0.15, 0.2) is 18.5 Å². The highest BCUT2D eigenvalue weighted by molar-refractivity contribution is 7.80. The SMILES string of the molecule is CCC(CC)Nc1cnccc1C(N)=S. The lowest BCUT2D eigenvalue weighted by Gasteiger charge is -2.18. The Morgan fingerprint density at radius 1 is 1.53 bits per heavy atom. The van der Waals surface area contributed by atoms with Crippen LogP contribution < -0.4 is 11.1 Å². The molecule has 82 valence electrons. The van der Waals surface area contributed by atoms with Gasteiger partial charge in [-0.25, -0.2) is 0 Å². The van der Waals surface area contributed by atoms with Crippen LogP contribution in [0.4, 0.5) is 5.69 Å². The Morgan fingerprint density at radius 3 is 2.73 bits per heavy atom. The number of thiocarbonyl (C=S) groups is 1. The molecule has 3 N–H and O–H groups in total. The molecule has 0 aliphatic heterocycles. The third-order valence-electron chi connectivity index (χ3n) is 2.43. The van der Waals surface area contributed by atoms with Crippen molar-refractivity contribution in [2.45, 2.75) is 32.7 Å². The molecule has 0 unspecified atom stereocenters. The molecule has 0 aliphatic rings. The van der Waals surface area contributed by atoms with E-state index in [-0.39, 0.29) is 0 Å². The number of rotatable bonds is 5. The van der Waals surface area contributed by atoms with Crippen LogP contribution in [0, 0.1) is 0 Å². The molecule has 1 rings (SSSR count). The number of nitrogens with two attached hydrogens (primary N) is 1. The maximum atomic E-state index is 5.64. The molecule has 0 bridgehead atoms. The van der Waals surface area contributed by atoms with Crippen molar-refractivity contribution in [3.05, 3.63) is 24.0 Å². The first kappa shape index (κ1) is 11.9. The smallest absolute Gasteiger partial charge is 0.106 e. The molecule has 0 spiro atoms. The van der Waals surface area contributed by atoms with Crippen LogP contribution in [-0.2, 0) is 0 Å². The molecule has 0 radical (unpaired) electrons. The summed E-state index contributed by atoms with van der Waals surface area (Å²) in [5, 5.41) is 3.40. The molecule has 1 heterocycles. The van der Waals surface area contributed by atoms with Gasteiger partial charge in [-0.2, -0.15) is 0 Å². The van der Waals surface area contributed by atoms with E-state index >= 15 is 0 Å². The molecule has 0 amide bonds. The maximum Gasteiger partial charge on any atom is 0.106 e. The van der Waals surface area contributed by atoms with E-state index in [1.54, 1.807) is 12.4 Å². The third-order valence-corrected chi connectivity index (χ3v) is 2.65. The van der Waals surface area contributed by atoms with Gasteiger partial charge in [0.25, 0.3) is 0 Å². The zero-order valence-corrected chi connectivity index (χ0v) is 9.97. The molecule has 0 atom stereocenters. The summed E-state index contributed by atoms with van der Waals surface area (Å²) in [6.45, 7) is 4.30. The number of anilines is 1. The van der Waals surface area contributed by atoms with Gasteiger partial charge in [0.15, 0.2) is 0 Å². The second-order valence-corrected chi connectivity index (χ2v) is 3.88. The Morgan fingerprint density at radius 2 is 2.20 bits per heavy atom. The van der Waals surface area contributed by atoms with Crippen LogP contribution in [0.3, 0.4) is 0 Å². The van der Waals surface area contributed by atoms with Crippen LogP contribution in [0.5, 0.6) is 0 Å². The molecule has 4 heteroatoms. The van der Waals surface area contributed by atoms with Crippen LogP contribution in [0.25, 0.3) is 0 Å². The van der Waals surface area contributed by atoms with Crippen molar-refractivity contribution in [2.75, 3.05) is 5.32 Å². The van der Waals surface area contributed by atoms with Crippen LogP contribution >= 0.6 is 12.2 Å². The fraction of sp³-hybridized carbons (Fsp3) is 0.455. The molecule has 0 saturated heterocycles. The van der Waals surface area contributed by atoms with Crippen molar-refractivity contribution >= 4 is 22.9 Å². The lowest BCUT2D eigenvalue weighted by Crippen LogP contribution is -2.20. The summed E-state index contributed by atoms with van der Waals surface area (Å²) in [5.41, 5.74) is 7.43.